The molecule has 6 heteroatoms. The molecule has 0 fully saturated rings. The quantitative estimate of drug-likeness (QED) is 0.432. The molecule has 0 heterocycles. The van der Waals surface area contributed by atoms with Gasteiger partial charge in [0, 0.05) is 0 Å². The Morgan fingerprint density at radius 3 is 2.38 bits per heavy atom. The molecular formula is C10H8N2O4. The van der Waals surface area contributed by atoms with Crippen molar-refractivity contribution in [3.05, 3.63) is 61.7 Å². The van der Waals surface area contributed by atoms with Gasteiger partial charge in [0.1, 0.15) is 21.8 Å². The van der Waals surface area contributed by atoms with E-state index in [-0.39, 0.29) is 12.0 Å². The predicted molar refractivity (Wildman–Crippen MR) is 55.8 cm³/mol. The van der Waals surface area contributed by atoms with Crippen LogP contribution < -0.4 is 0 Å². The van der Waals surface area contributed by atoms with E-state index in [1.54, 1.807) is 24.3 Å². The molecule has 0 radical (unpaired) electrons. The SMILES string of the molecule is O=[N+]([O-])C1([N+](=O)[O-])CC=Cc2ccccc21. The van der Waals surface area contributed by atoms with Gasteiger partial charge in [0.25, 0.3) is 0 Å². The molecule has 2 rings (SSSR count). The highest BCUT2D eigenvalue weighted by atomic mass is 16.7. The van der Waals surface area contributed by atoms with Crippen LogP contribution in [-0.4, -0.2) is 9.85 Å². The maximum Gasteiger partial charge on any atom is 0.488 e. The van der Waals surface area contributed by atoms with Gasteiger partial charge >= 0.3 is 5.66 Å². The largest absolute Gasteiger partial charge is 0.488 e. The first-order valence-electron chi connectivity index (χ1n) is 4.64. The summed E-state index contributed by atoms with van der Waals surface area (Å²) in [5.41, 5.74) is -1.56. The number of hydrogen-bond acceptors (Lipinski definition) is 4. The lowest BCUT2D eigenvalue weighted by atomic mass is 9.88. The van der Waals surface area contributed by atoms with E-state index in [0.29, 0.717) is 5.56 Å². The number of nitrogens with zero attached hydrogens (tertiary/aromatic N) is 2. The normalized spacial score (nSPS) is 16.5. The molecule has 0 atom stereocenters. The molecule has 0 spiro atoms. The Morgan fingerprint density at radius 2 is 1.75 bits per heavy atom. The van der Waals surface area contributed by atoms with Gasteiger partial charge in [-0.2, -0.15) is 0 Å². The van der Waals surface area contributed by atoms with Gasteiger partial charge < -0.3 is 0 Å². The summed E-state index contributed by atoms with van der Waals surface area (Å²) in [6.45, 7) is 0. The van der Waals surface area contributed by atoms with E-state index in [9.17, 15) is 20.2 Å². The molecule has 0 unspecified atom stereocenters. The van der Waals surface area contributed by atoms with Crippen LogP contribution in [0.1, 0.15) is 17.5 Å². The summed E-state index contributed by atoms with van der Waals surface area (Å²) in [5, 5.41) is 22.0. The molecule has 82 valence electrons. The smallest absolute Gasteiger partial charge is 0.258 e. The van der Waals surface area contributed by atoms with Crippen LogP contribution in [0.5, 0.6) is 0 Å². The molecule has 0 aliphatic heterocycles. The second-order valence-corrected chi connectivity index (χ2v) is 3.52. The van der Waals surface area contributed by atoms with Gasteiger partial charge in [-0.1, -0.05) is 30.4 Å². The Balaban J connectivity index is 2.71. The molecule has 1 aliphatic rings. The first-order valence-corrected chi connectivity index (χ1v) is 4.64. The molecule has 6 nitrogen and oxygen atoms in total. The molecule has 0 bridgehead atoms. The van der Waals surface area contributed by atoms with E-state index in [1.807, 2.05) is 0 Å². The van der Waals surface area contributed by atoms with Crippen LogP contribution in [0.4, 0.5) is 0 Å². The number of fused-ring (bicyclic) bond motifs is 1. The third-order valence-corrected chi connectivity index (χ3v) is 2.70. The van der Waals surface area contributed by atoms with E-state index in [4.69, 9.17) is 0 Å². The van der Waals surface area contributed by atoms with Crippen LogP contribution in [0.15, 0.2) is 30.3 Å². The Labute approximate surface area is 90.5 Å². The maximum absolute atomic E-state index is 11.0. The van der Waals surface area contributed by atoms with E-state index < -0.39 is 15.5 Å². The maximum atomic E-state index is 11.0. The van der Waals surface area contributed by atoms with Gasteiger partial charge in [0.05, 0.1) is 0 Å². The number of nitro groups is 2. The lowest BCUT2D eigenvalue weighted by Crippen LogP contribution is -2.44. The summed E-state index contributed by atoms with van der Waals surface area (Å²) >= 11 is 0. The number of benzene rings is 1. The third kappa shape index (κ3) is 1.19. The lowest BCUT2D eigenvalue weighted by molar-refractivity contribution is -0.809. The Kier molecular flexibility index (Phi) is 2.19. The van der Waals surface area contributed by atoms with Crippen molar-refractivity contribution >= 4 is 6.08 Å². The van der Waals surface area contributed by atoms with Gasteiger partial charge in [-0.3, -0.25) is 20.2 Å². The average molecular weight is 220 g/mol. The Bertz CT molecular complexity index is 481. The molecule has 0 amide bonds. The lowest BCUT2D eigenvalue weighted by Gasteiger charge is -2.20. The minimum Gasteiger partial charge on any atom is -0.258 e. The second-order valence-electron chi connectivity index (χ2n) is 3.52. The first kappa shape index (κ1) is 10.3. The molecule has 1 aliphatic carbocycles. The van der Waals surface area contributed by atoms with Crippen molar-refractivity contribution in [1.29, 1.82) is 0 Å². The second kappa shape index (κ2) is 3.41. The zero-order valence-electron chi connectivity index (χ0n) is 8.20. The third-order valence-electron chi connectivity index (χ3n) is 2.70. The highest BCUT2D eigenvalue weighted by Crippen LogP contribution is 2.36. The summed E-state index contributed by atoms with van der Waals surface area (Å²) in [7, 11) is 0. The zero-order valence-corrected chi connectivity index (χ0v) is 8.20. The standard InChI is InChI=1S/C10H8N2O4/c13-11(14)10(12(15)16)7-3-5-8-4-1-2-6-9(8)10/h1-6H,7H2. The summed E-state index contributed by atoms with van der Waals surface area (Å²) in [6, 6.07) is 6.33. The van der Waals surface area contributed by atoms with Crippen molar-refractivity contribution in [2.45, 2.75) is 12.1 Å². The van der Waals surface area contributed by atoms with Crippen LogP contribution in [0.2, 0.25) is 0 Å². The molecule has 1 aromatic rings. The summed E-state index contributed by atoms with van der Waals surface area (Å²) in [4.78, 5) is 20.4. The van der Waals surface area contributed by atoms with Crippen LogP contribution in [0, 0.1) is 20.2 Å². The number of hydrogen-bond donors (Lipinski definition) is 0. The van der Waals surface area contributed by atoms with Gasteiger partial charge in [-0.15, -0.1) is 0 Å². The summed E-state index contributed by atoms with van der Waals surface area (Å²) < 4.78 is 0. The average Bonchev–Trinajstić information content (AvgIpc) is 2.27. The molecule has 0 N–H and O–H groups in total. The van der Waals surface area contributed by atoms with E-state index in [1.165, 1.54) is 12.1 Å². The van der Waals surface area contributed by atoms with Crippen molar-refractivity contribution in [2.75, 3.05) is 0 Å². The molecule has 0 saturated heterocycles. The number of rotatable bonds is 2. The molecule has 0 aromatic heterocycles. The van der Waals surface area contributed by atoms with Crippen molar-refractivity contribution in [3.63, 3.8) is 0 Å². The minimum absolute atomic E-state index is 0.146. The monoisotopic (exact) mass is 220 g/mol. The van der Waals surface area contributed by atoms with E-state index >= 15 is 0 Å². The Morgan fingerprint density at radius 1 is 1.12 bits per heavy atom. The van der Waals surface area contributed by atoms with Crippen LogP contribution in [-0.2, 0) is 5.66 Å². The summed E-state index contributed by atoms with van der Waals surface area (Å²) in [5.74, 6) is 0. The van der Waals surface area contributed by atoms with Gasteiger partial charge in [-0.25, -0.2) is 0 Å². The molecular weight excluding hydrogens is 212 g/mol. The van der Waals surface area contributed by atoms with Crippen molar-refractivity contribution in [2.24, 2.45) is 0 Å². The molecule has 0 saturated carbocycles. The van der Waals surface area contributed by atoms with Crippen LogP contribution >= 0.6 is 0 Å². The molecule has 16 heavy (non-hydrogen) atoms. The fraction of sp³-hybridized carbons (Fsp3) is 0.200. The first-order chi connectivity index (χ1) is 7.59. The topological polar surface area (TPSA) is 86.3 Å². The van der Waals surface area contributed by atoms with Crippen molar-refractivity contribution < 1.29 is 9.85 Å². The highest BCUT2D eigenvalue weighted by molar-refractivity contribution is 5.57. The zero-order chi connectivity index (χ0) is 11.8. The van der Waals surface area contributed by atoms with Crippen molar-refractivity contribution in [1.82, 2.24) is 0 Å². The highest BCUT2D eigenvalue weighted by Gasteiger charge is 2.58. The predicted octanol–water partition coefficient (Wildman–Crippen LogP) is 1.81. The van der Waals surface area contributed by atoms with Gasteiger partial charge in [0.15, 0.2) is 0 Å². The summed E-state index contributed by atoms with van der Waals surface area (Å²) in [6.07, 6.45) is 2.92. The van der Waals surface area contributed by atoms with E-state index in [2.05, 4.69) is 0 Å². The minimum atomic E-state index is -2.23. The molecule has 1 aromatic carbocycles. The Hall–Kier alpha value is -2.24. The van der Waals surface area contributed by atoms with Gasteiger partial charge in [0.2, 0.25) is 0 Å². The fourth-order valence-electron chi connectivity index (χ4n) is 1.88. The van der Waals surface area contributed by atoms with Crippen LogP contribution in [0.25, 0.3) is 6.08 Å². The fourth-order valence-corrected chi connectivity index (χ4v) is 1.88. The van der Waals surface area contributed by atoms with E-state index in [0.717, 1.165) is 0 Å². The van der Waals surface area contributed by atoms with Crippen molar-refractivity contribution in [3.8, 4) is 0 Å². The van der Waals surface area contributed by atoms with Crippen LogP contribution in [0.3, 0.4) is 0 Å². The van der Waals surface area contributed by atoms with Gasteiger partial charge in [-0.05, 0) is 11.6 Å².